The van der Waals surface area contributed by atoms with E-state index in [1.54, 1.807) is 18.2 Å². The highest BCUT2D eigenvalue weighted by Gasteiger charge is 2.26. The third-order valence-electron chi connectivity index (χ3n) is 4.01. The number of rotatable bonds is 8. The zero-order valence-corrected chi connectivity index (χ0v) is 14.5. The average Bonchev–Trinajstić information content (AvgIpc) is 2.64. The summed E-state index contributed by atoms with van der Waals surface area (Å²) < 4.78 is 10.8. The number of para-hydroxylation sites is 1. The van der Waals surface area contributed by atoms with Crippen molar-refractivity contribution in [3.05, 3.63) is 71.3 Å². The molecule has 2 rings (SSSR count). The maximum atomic E-state index is 11.8. The molecule has 26 heavy (non-hydrogen) atoms. The van der Waals surface area contributed by atoms with E-state index in [4.69, 9.17) is 14.6 Å². The van der Waals surface area contributed by atoms with E-state index in [1.807, 2.05) is 18.2 Å². The molecule has 0 aliphatic carbocycles. The van der Waals surface area contributed by atoms with Gasteiger partial charge in [-0.1, -0.05) is 30.3 Å². The van der Waals surface area contributed by atoms with Gasteiger partial charge in [-0.3, -0.25) is 0 Å². The largest absolute Gasteiger partial charge is 0.496 e. The van der Waals surface area contributed by atoms with Crippen LogP contribution >= 0.6 is 0 Å². The van der Waals surface area contributed by atoms with Gasteiger partial charge in [0.2, 0.25) is 0 Å². The first-order valence-corrected chi connectivity index (χ1v) is 7.92. The fourth-order valence-corrected chi connectivity index (χ4v) is 2.93. The molecule has 0 saturated heterocycles. The molecule has 0 spiro atoms. The van der Waals surface area contributed by atoms with Crippen molar-refractivity contribution in [2.75, 3.05) is 14.2 Å². The molecule has 1 unspecified atom stereocenters. The number of benzene rings is 2. The van der Waals surface area contributed by atoms with Crippen LogP contribution in [0.4, 0.5) is 0 Å². The van der Waals surface area contributed by atoms with Gasteiger partial charge in [0.1, 0.15) is 11.5 Å². The first-order valence-electron chi connectivity index (χ1n) is 7.92. The van der Waals surface area contributed by atoms with Crippen molar-refractivity contribution in [3.63, 3.8) is 0 Å². The van der Waals surface area contributed by atoms with Crippen LogP contribution in [-0.4, -0.2) is 36.4 Å². The maximum absolute atomic E-state index is 11.8. The number of carboxylic acids is 2. The van der Waals surface area contributed by atoms with E-state index < -0.39 is 17.9 Å². The van der Waals surface area contributed by atoms with E-state index in [9.17, 15) is 14.7 Å². The smallest absolute Gasteiger partial charge is 0.336 e. The fourth-order valence-electron chi connectivity index (χ4n) is 2.93. The fraction of sp³-hybridized carbons (Fsp3) is 0.200. The minimum atomic E-state index is -1.08. The SMILES string of the molecule is COc1ccccc1C(C/C=C/C(=O)O)c1c(OC)cccc1C(=O)O. The highest BCUT2D eigenvalue weighted by atomic mass is 16.5. The number of methoxy groups -OCH3 is 2. The number of hydrogen-bond acceptors (Lipinski definition) is 4. The molecule has 2 N–H and O–H groups in total. The van der Waals surface area contributed by atoms with Crippen molar-refractivity contribution in [2.45, 2.75) is 12.3 Å². The number of aliphatic carboxylic acids is 1. The van der Waals surface area contributed by atoms with Gasteiger partial charge in [0, 0.05) is 23.1 Å². The van der Waals surface area contributed by atoms with Crippen LogP contribution in [0.15, 0.2) is 54.6 Å². The number of carbonyl (C=O) groups is 2. The summed E-state index contributed by atoms with van der Waals surface area (Å²) in [5.74, 6) is -1.60. The van der Waals surface area contributed by atoms with E-state index in [0.29, 0.717) is 17.1 Å². The molecular weight excluding hydrogens is 336 g/mol. The van der Waals surface area contributed by atoms with Crippen molar-refractivity contribution < 1.29 is 29.3 Å². The van der Waals surface area contributed by atoms with Crippen molar-refractivity contribution in [3.8, 4) is 11.5 Å². The zero-order chi connectivity index (χ0) is 19.1. The zero-order valence-electron chi connectivity index (χ0n) is 14.5. The van der Waals surface area contributed by atoms with Gasteiger partial charge in [-0.25, -0.2) is 9.59 Å². The molecule has 136 valence electrons. The second kappa shape index (κ2) is 8.71. The lowest BCUT2D eigenvalue weighted by Crippen LogP contribution is -2.11. The van der Waals surface area contributed by atoms with Gasteiger partial charge in [-0.15, -0.1) is 0 Å². The summed E-state index contributed by atoms with van der Waals surface area (Å²) in [4.78, 5) is 22.6. The molecule has 2 aromatic carbocycles. The Bertz CT molecular complexity index is 825. The van der Waals surface area contributed by atoms with Gasteiger partial charge in [0.25, 0.3) is 0 Å². The Labute approximate surface area is 151 Å². The van der Waals surface area contributed by atoms with Gasteiger partial charge in [0.05, 0.1) is 19.8 Å². The van der Waals surface area contributed by atoms with Crippen LogP contribution in [0, 0.1) is 0 Å². The molecule has 1 atom stereocenters. The van der Waals surface area contributed by atoms with Gasteiger partial charge >= 0.3 is 11.9 Å². The normalized spacial score (nSPS) is 11.9. The third kappa shape index (κ3) is 4.22. The van der Waals surface area contributed by atoms with E-state index in [0.717, 1.165) is 11.6 Å². The van der Waals surface area contributed by atoms with Gasteiger partial charge < -0.3 is 19.7 Å². The van der Waals surface area contributed by atoms with Crippen molar-refractivity contribution in [2.24, 2.45) is 0 Å². The second-order valence-corrected chi connectivity index (χ2v) is 5.50. The first-order chi connectivity index (χ1) is 12.5. The standard InChI is InChI=1S/C20H20O6/c1-25-16-10-4-3-7-13(16)14(8-6-12-18(21)22)19-15(20(23)24)9-5-11-17(19)26-2/h3-7,9-12,14H,8H2,1-2H3,(H,21,22)(H,23,24)/b12-6+. The summed E-state index contributed by atoms with van der Waals surface area (Å²) in [6.07, 6.45) is 2.81. The lowest BCUT2D eigenvalue weighted by Gasteiger charge is -2.23. The van der Waals surface area contributed by atoms with E-state index in [-0.39, 0.29) is 12.0 Å². The van der Waals surface area contributed by atoms with Gasteiger partial charge in [0.15, 0.2) is 0 Å². The maximum Gasteiger partial charge on any atom is 0.336 e. The predicted molar refractivity (Wildman–Crippen MR) is 96.2 cm³/mol. The molecule has 0 bridgehead atoms. The topological polar surface area (TPSA) is 93.1 Å². The third-order valence-corrected chi connectivity index (χ3v) is 4.01. The van der Waals surface area contributed by atoms with Crippen LogP contribution in [0.25, 0.3) is 0 Å². The number of ether oxygens (including phenoxy) is 2. The Kier molecular flexibility index (Phi) is 6.38. The molecule has 0 saturated carbocycles. The lowest BCUT2D eigenvalue weighted by molar-refractivity contribution is -0.131. The molecule has 0 amide bonds. The van der Waals surface area contributed by atoms with E-state index >= 15 is 0 Å². The monoisotopic (exact) mass is 356 g/mol. The molecule has 6 nitrogen and oxygen atoms in total. The minimum Gasteiger partial charge on any atom is -0.496 e. The Morgan fingerprint density at radius 1 is 1.00 bits per heavy atom. The number of allylic oxidation sites excluding steroid dienone is 1. The molecule has 0 aromatic heterocycles. The van der Waals surface area contributed by atoms with Crippen molar-refractivity contribution >= 4 is 11.9 Å². The highest BCUT2D eigenvalue weighted by Crippen LogP contribution is 2.40. The number of hydrogen-bond donors (Lipinski definition) is 2. The minimum absolute atomic E-state index is 0.101. The Morgan fingerprint density at radius 3 is 2.27 bits per heavy atom. The Morgan fingerprint density at radius 2 is 1.65 bits per heavy atom. The number of aromatic carboxylic acids is 1. The van der Waals surface area contributed by atoms with Crippen LogP contribution < -0.4 is 9.47 Å². The van der Waals surface area contributed by atoms with E-state index in [2.05, 4.69) is 0 Å². The Balaban J connectivity index is 2.68. The molecular formula is C20H20O6. The average molecular weight is 356 g/mol. The number of carboxylic acid groups (broad SMARTS) is 2. The highest BCUT2D eigenvalue weighted by molar-refractivity contribution is 5.91. The Hall–Kier alpha value is -3.28. The van der Waals surface area contributed by atoms with Crippen LogP contribution in [0.2, 0.25) is 0 Å². The van der Waals surface area contributed by atoms with Crippen molar-refractivity contribution in [1.29, 1.82) is 0 Å². The van der Waals surface area contributed by atoms with Crippen LogP contribution in [0.5, 0.6) is 11.5 Å². The summed E-state index contributed by atoms with van der Waals surface area (Å²) in [5, 5.41) is 18.5. The van der Waals surface area contributed by atoms with E-state index in [1.165, 1.54) is 26.4 Å². The first kappa shape index (κ1) is 19.1. The molecule has 0 heterocycles. The molecule has 2 aromatic rings. The summed E-state index contributed by atoms with van der Waals surface area (Å²) in [5.41, 5.74) is 1.32. The van der Waals surface area contributed by atoms with Gasteiger partial charge in [-0.2, -0.15) is 0 Å². The van der Waals surface area contributed by atoms with Crippen LogP contribution in [0.1, 0.15) is 33.8 Å². The summed E-state index contributed by atoms with van der Waals surface area (Å²) in [6.45, 7) is 0. The van der Waals surface area contributed by atoms with Crippen LogP contribution in [0.3, 0.4) is 0 Å². The van der Waals surface area contributed by atoms with Crippen LogP contribution in [-0.2, 0) is 4.79 Å². The summed E-state index contributed by atoms with van der Waals surface area (Å²) in [7, 11) is 3.00. The molecule has 0 aliphatic rings. The quantitative estimate of drug-likeness (QED) is 0.703. The molecule has 0 fully saturated rings. The summed E-state index contributed by atoms with van der Waals surface area (Å²) in [6, 6.07) is 12.0. The molecule has 6 heteroatoms. The lowest BCUT2D eigenvalue weighted by atomic mass is 9.84. The predicted octanol–water partition coefficient (Wildman–Crippen LogP) is 3.56. The van der Waals surface area contributed by atoms with Crippen molar-refractivity contribution in [1.82, 2.24) is 0 Å². The second-order valence-electron chi connectivity index (χ2n) is 5.50. The van der Waals surface area contributed by atoms with Gasteiger partial charge in [-0.05, 0) is 24.6 Å². The molecule has 0 aliphatic heterocycles. The molecule has 0 radical (unpaired) electrons. The summed E-state index contributed by atoms with van der Waals surface area (Å²) >= 11 is 0.